The standard InChI is InChI=1S/C11H13N3O3.C9H13N3OS.C2H6/c12-9-3-1-2-8(10(9)15)11(16)14-5-4-7(6-14)13-17;1-7-4-5-9(13-7)6-11-8(2)12-14-10-3;1-2/h1-3,7,15H,4-6,12H2;4-5H,3,6H2,1-2H3,(H,11,12);1-2H3/t7-;;/m1../s1. The van der Waals surface area contributed by atoms with Crippen molar-refractivity contribution in [1.82, 2.24) is 9.62 Å². The number of aryl methyl sites for hydroxylation is 1. The number of carbonyl (C=O) groups excluding carboxylic acids is 1. The molecule has 0 spiro atoms. The molecule has 0 saturated carbocycles. The fraction of sp³-hybridized carbons (Fsp3) is 0.409. The summed E-state index contributed by atoms with van der Waals surface area (Å²) in [7, 11) is 0. The summed E-state index contributed by atoms with van der Waals surface area (Å²) in [5.41, 5.74) is 5.85. The fourth-order valence-electron chi connectivity index (χ4n) is 2.81. The number of nitroso groups, excluding NO2 is 1. The monoisotopic (exact) mass is 476 g/mol. The second kappa shape index (κ2) is 14.7. The van der Waals surface area contributed by atoms with Crippen molar-refractivity contribution in [1.29, 1.82) is 0 Å². The molecule has 10 nitrogen and oxygen atoms in total. The maximum absolute atomic E-state index is 12.0. The molecule has 180 valence electrons. The zero-order chi connectivity index (χ0) is 24.8. The Kier molecular flexibility index (Phi) is 12.3. The summed E-state index contributed by atoms with van der Waals surface area (Å²) in [6.07, 6.45) is 0.568. The Labute approximate surface area is 198 Å². The third-order valence-corrected chi connectivity index (χ3v) is 4.94. The third-order valence-electron chi connectivity index (χ3n) is 4.42. The maximum Gasteiger partial charge on any atom is 0.257 e. The summed E-state index contributed by atoms with van der Waals surface area (Å²) in [5.74, 6) is 2.04. The number of phenols is 1. The van der Waals surface area contributed by atoms with Gasteiger partial charge in [0.15, 0.2) is 5.75 Å². The van der Waals surface area contributed by atoms with Crippen LogP contribution in [0.5, 0.6) is 5.75 Å². The first kappa shape index (κ1) is 27.7. The summed E-state index contributed by atoms with van der Waals surface area (Å²) >= 11 is 1.16. The highest BCUT2D eigenvalue weighted by Crippen LogP contribution is 2.27. The van der Waals surface area contributed by atoms with Gasteiger partial charge in [-0.2, -0.15) is 4.91 Å². The molecule has 11 heteroatoms. The lowest BCUT2D eigenvalue weighted by Gasteiger charge is -2.16. The Bertz CT molecular complexity index is 947. The lowest BCUT2D eigenvalue weighted by Crippen LogP contribution is -2.29. The molecule has 2 aromatic rings. The van der Waals surface area contributed by atoms with E-state index >= 15 is 0 Å². The molecule has 3 rings (SSSR count). The van der Waals surface area contributed by atoms with Crippen molar-refractivity contribution in [2.75, 3.05) is 18.8 Å². The molecule has 2 heterocycles. The molecular weight excluding hydrogens is 444 g/mol. The number of amidine groups is 1. The number of nitrogens with two attached hydrogens (primary N) is 1. The minimum Gasteiger partial charge on any atom is -0.505 e. The molecule has 1 aromatic carbocycles. The summed E-state index contributed by atoms with van der Waals surface area (Å²) in [4.78, 5) is 28.2. The van der Waals surface area contributed by atoms with Gasteiger partial charge in [-0.1, -0.05) is 25.1 Å². The zero-order valence-corrected chi connectivity index (χ0v) is 20.3. The first-order chi connectivity index (χ1) is 15.8. The van der Waals surface area contributed by atoms with Crippen LogP contribution in [-0.2, 0) is 6.54 Å². The van der Waals surface area contributed by atoms with Crippen molar-refractivity contribution in [3.05, 3.63) is 52.3 Å². The molecule has 1 aliphatic heterocycles. The number of furan rings is 1. The minimum atomic E-state index is -0.345. The van der Waals surface area contributed by atoms with E-state index in [1.165, 1.54) is 17.0 Å². The van der Waals surface area contributed by atoms with Gasteiger partial charge >= 0.3 is 0 Å². The van der Waals surface area contributed by atoms with Crippen molar-refractivity contribution in [3.8, 4) is 5.75 Å². The smallest absolute Gasteiger partial charge is 0.257 e. The van der Waals surface area contributed by atoms with E-state index in [1.54, 1.807) is 6.07 Å². The van der Waals surface area contributed by atoms with Crippen LogP contribution in [0.1, 0.15) is 49.1 Å². The maximum atomic E-state index is 12.0. The number of benzene rings is 1. The number of anilines is 1. The molecule has 1 saturated heterocycles. The molecular formula is C22H32N6O4S. The Morgan fingerprint density at radius 1 is 1.36 bits per heavy atom. The van der Waals surface area contributed by atoms with Gasteiger partial charge < -0.3 is 20.2 Å². The highest BCUT2D eigenvalue weighted by molar-refractivity contribution is 7.96. The first-order valence-electron chi connectivity index (χ1n) is 10.5. The SMILES string of the molecule is C=NSNC(C)=NCc1ccc(C)o1.CC.Nc1cccc(C(=O)N2CC[C@@H](N=O)C2)c1O. The van der Waals surface area contributed by atoms with E-state index in [0.29, 0.717) is 26.1 Å². The van der Waals surface area contributed by atoms with E-state index < -0.39 is 0 Å². The second-order valence-electron chi connectivity index (χ2n) is 6.78. The normalized spacial score (nSPS) is 15.0. The number of nitrogens with one attached hydrogen (secondary N) is 1. The van der Waals surface area contributed by atoms with E-state index in [0.717, 1.165) is 29.5 Å². The van der Waals surface area contributed by atoms with Crippen molar-refractivity contribution in [3.63, 3.8) is 0 Å². The number of para-hydroxylation sites is 1. The Balaban J connectivity index is 0.000000313. The molecule has 1 aliphatic rings. The van der Waals surface area contributed by atoms with Crippen molar-refractivity contribution in [2.45, 2.75) is 46.7 Å². The second-order valence-corrected chi connectivity index (χ2v) is 7.42. The molecule has 0 bridgehead atoms. The number of aromatic hydroxyl groups is 1. The van der Waals surface area contributed by atoms with Crippen LogP contribution in [0.25, 0.3) is 0 Å². The predicted molar refractivity (Wildman–Crippen MR) is 135 cm³/mol. The van der Waals surface area contributed by atoms with Crippen molar-refractivity contribution < 1.29 is 14.3 Å². The average molecular weight is 477 g/mol. The number of rotatable bonds is 6. The Morgan fingerprint density at radius 3 is 2.67 bits per heavy atom. The molecule has 33 heavy (non-hydrogen) atoms. The van der Waals surface area contributed by atoms with Crippen LogP contribution >= 0.6 is 12.1 Å². The molecule has 0 aliphatic carbocycles. The number of hydrogen-bond acceptors (Lipinski definition) is 9. The molecule has 1 aromatic heterocycles. The quantitative estimate of drug-likeness (QED) is 0.140. The molecule has 1 fully saturated rings. The lowest BCUT2D eigenvalue weighted by molar-refractivity contribution is 0.0788. The fourth-order valence-corrected chi connectivity index (χ4v) is 3.08. The lowest BCUT2D eigenvalue weighted by atomic mass is 10.1. The van der Waals surface area contributed by atoms with Crippen LogP contribution in [0.3, 0.4) is 0 Å². The number of hydrogen-bond donors (Lipinski definition) is 3. The molecule has 4 N–H and O–H groups in total. The third kappa shape index (κ3) is 8.97. The number of aliphatic imine (C=N–C) groups is 1. The summed E-state index contributed by atoms with van der Waals surface area (Å²) in [6, 6.07) is 8.13. The van der Waals surface area contributed by atoms with Crippen LogP contribution in [0.15, 0.2) is 49.3 Å². The van der Waals surface area contributed by atoms with Gasteiger partial charge in [-0.05, 0) is 44.5 Å². The largest absolute Gasteiger partial charge is 0.505 e. The van der Waals surface area contributed by atoms with Crippen LogP contribution in [0, 0.1) is 11.8 Å². The molecule has 0 radical (unpaired) electrons. The Hall–Kier alpha value is -3.34. The van der Waals surface area contributed by atoms with Gasteiger partial charge in [0.05, 0.1) is 29.9 Å². The van der Waals surface area contributed by atoms with E-state index in [2.05, 4.69) is 26.0 Å². The number of amides is 1. The summed E-state index contributed by atoms with van der Waals surface area (Å²) in [6.45, 7) is 12.4. The van der Waals surface area contributed by atoms with Gasteiger partial charge in [-0.25, -0.2) is 4.40 Å². The van der Waals surface area contributed by atoms with Crippen LogP contribution in [0.4, 0.5) is 5.69 Å². The molecule has 1 atom stereocenters. The van der Waals surface area contributed by atoms with Gasteiger partial charge in [-0.3, -0.25) is 14.5 Å². The number of phenolic OH excluding ortho intramolecular Hbond substituents is 1. The van der Waals surface area contributed by atoms with Crippen LogP contribution in [-0.4, -0.2) is 47.6 Å². The topological polar surface area (TPSA) is 146 Å². The number of nitrogen functional groups attached to an aromatic ring is 1. The summed E-state index contributed by atoms with van der Waals surface area (Å²) in [5, 5.41) is 12.6. The minimum absolute atomic E-state index is 0.163. The zero-order valence-electron chi connectivity index (χ0n) is 19.4. The van der Waals surface area contributed by atoms with Gasteiger partial charge in [0, 0.05) is 19.8 Å². The van der Waals surface area contributed by atoms with Gasteiger partial charge in [0.2, 0.25) is 0 Å². The van der Waals surface area contributed by atoms with Crippen molar-refractivity contribution >= 4 is 36.3 Å². The van der Waals surface area contributed by atoms with E-state index in [-0.39, 0.29) is 28.9 Å². The van der Waals surface area contributed by atoms with Gasteiger partial charge in [0.1, 0.15) is 23.4 Å². The average Bonchev–Trinajstić information content (AvgIpc) is 3.48. The predicted octanol–water partition coefficient (Wildman–Crippen LogP) is 4.34. The first-order valence-corrected chi connectivity index (χ1v) is 11.3. The molecule has 1 amide bonds. The van der Waals surface area contributed by atoms with Gasteiger partial charge in [0.25, 0.3) is 5.91 Å². The van der Waals surface area contributed by atoms with Crippen LogP contribution in [0.2, 0.25) is 0 Å². The summed E-state index contributed by atoms with van der Waals surface area (Å²) < 4.78 is 11.9. The van der Waals surface area contributed by atoms with Crippen molar-refractivity contribution in [2.24, 2.45) is 14.6 Å². The van der Waals surface area contributed by atoms with Crippen LogP contribution < -0.4 is 10.5 Å². The highest BCUT2D eigenvalue weighted by Gasteiger charge is 2.29. The number of carbonyl (C=O) groups is 1. The molecule has 0 unspecified atom stereocenters. The Morgan fingerprint density at radius 2 is 2.09 bits per heavy atom. The number of likely N-dealkylation sites (tertiary alicyclic amines) is 1. The van der Waals surface area contributed by atoms with E-state index in [1.807, 2.05) is 39.8 Å². The van der Waals surface area contributed by atoms with E-state index in [4.69, 9.17) is 10.2 Å². The van der Waals surface area contributed by atoms with Gasteiger partial charge in [-0.15, -0.1) is 0 Å². The van der Waals surface area contributed by atoms with E-state index in [9.17, 15) is 14.8 Å². The number of nitrogens with zero attached hydrogens (tertiary/aromatic N) is 4. The highest BCUT2D eigenvalue weighted by atomic mass is 32.2.